The molecular weight excluding hydrogens is 803 g/mol. The highest BCUT2D eigenvalue weighted by molar-refractivity contribution is 7.20. The van der Waals surface area contributed by atoms with E-state index < -0.39 is 8.07 Å². The van der Waals surface area contributed by atoms with Crippen LogP contribution in [0.3, 0.4) is 0 Å². The predicted octanol–water partition coefficient (Wildman–Crippen LogP) is 13.7. The Bertz CT molecular complexity index is 3730. The van der Waals surface area contributed by atoms with Crippen LogP contribution in [0.5, 0.6) is 0 Å². The monoisotopic (exact) mass is 843 g/mol. The second kappa shape index (κ2) is 14.9. The summed E-state index contributed by atoms with van der Waals surface area (Å²) in [6.45, 7) is 0. The van der Waals surface area contributed by atoms with Crippen LogP contribution in [0, 0.1) is 0 Å². The average molecular weight is 844 g/mol. The molecule has 0 aliphatic rings. The minimum atomic E-state index is -3.06. The minimum Gasteiger partial charge on any atom is -0.456 e. The van der Waals surface area contributed by atoms with E-state index >= 15 is 0 Å². The second-order valence-electron chi connectivity index (χ2n) is 17.1. The van der Waals surface area contributed by atoms with Gasteiger partial charge in [-0.15, -0.1) is 0 Å². The molecule has 0 spiro atoms. The van der Waals surface area contributed by atoms with E-state index in [0.29, 0.717) is 0 Å². The summed E-state index contributed by atoms with van der Waals surface area (Å²) in [5, 5.41) is 14.8. The summed E-state index contributed by atoms with van der Waals surface area (Å²) in [5.41, 5.74) is 9.89. The van der Waals surface area contributed by atoms with Gasteiger partial charge in [-0.2, -0.15) is 0 Å². The molecule has 0 N–H and O–H groups in total. The van der Waals surface area contributed by atoms with Gasteiger partial charge < -0.3 is 8.98 Å². The number of furan rings is 1. The molecule has 0 unspecified atom stereocenters. The van der Waals surface area contributed by atoms with E-state index in [4.69, 9.17) is 4.42 Å². The molecule has 3 heteroatoms. The number of hydrogen-bond donors (Lipinski definition) is 0. The van der Waals surface area contributed by atoms with Crippen LogP contribution in [0.25, 0.3) is 93.2 Å². The van der Waals surface area contributed by atoms with Crippen molar-refractivity contribution in [3.05, 3.63) is 249 Å². The quantitative estimate of drug-likeness (QED) is 0.115. The first-order valence-corrected chi connectivity index (χ1v) is 24.4. The van der Waals surface area contributed by atoms with Crippen molar-refractivity contribution in [3.8, 4) is 27.9 Å². The Morgan fingerprint density at radius 1 is 0.277 bits per heavy atom. The molecule has 304 valence electrons. The predicted molar refractivity (Wildman–Crippen MR) is 278 cm³/mol. The molecule has 0 fully saturated rings. The maximum atomic E-state index is 6.70. The van der Waals surface area contributed by atoms with E-state index in [-0.39, 0.29) is 0 Å². The van der Waals surface area contributed by atoms with Crippen molar-refractivity contribution in [1.29, 1.82) is 0 Å². The van der Waals surface area contributed by atoms with Crippen LogP contribution >= 0.6 is 0 Å². The van der Waals surface area contributed by atoms with E-state index in [1.807, 2.05) is 0 Å². The van der Waals surface area contributed by atoms with Gasteiger partial charge in [-0.25, -0.2) is 0 Å². The fraction of sp³-hybridized carbons (Fsp3) is 0. The van der Waals surface area contributed by atoms with E-state index in [2.05, 4.69) is 253 Å². The molecular formula is C62H41NOSi. The fourth-order valence-electron chi connectivity index (χ4n) is 10.9. The molecule has 2 aromatic heterocycles. The molecule has 2 nitrogen and oxygen atoms in total. The number of benzene rings is 11. The Balaban J connectivity index is 1.28. The maximum Gasteiger partial charge on any atom is 0.179 e. The standard InChI is InChI=1S/C62H41NOSi/c1-4-24-44(25-5-1)65(45-26-6-2-7-27-45,46-28-8-3-9-29-46)47-38-56(50-34-18-22-42-20-10-12-30-48(42)50)62(57(39-47)51-35-19-23-43-21-11-13-31-49(43)51)63-58-36-16-14-32-52(58)54-40-55-53-33-15-17-37-60(53)64-61(55)41-59(54)63/h1-41H. The van der Waals surface area contributed by atoms with Crippen LogP contribution < -0.4 is 20.7 Å². The third kappa shape index (κ3) is 5.73. The van der Waals surface area contributed by atoms with Crippen LogP contribution in [0.4, 0.5) is 0 Å². The minimum absolute atomic E-state index is 0.876. The molecule has 65 heavy (non-hydrogen) atoms. The average Bonchev–Trinajstić information content (AvgIpc) is 3.90. The smallest absolute Gasteiger partial charge is 0.179 e. The van der Waals surface area contributed by atoms with Crippen molar-refractivity contribution in [2.45, 2.75) is 0 Å². The topological polar surface area (TPSA) is 18.1 Å². The maximum absolute atomic E-state index is 6.70. The highest BCUT2D eigenvalue weighted by Gasteiger charge is 2.42. The molecule has 0 amide bonds. The van der Waals surface area contributed by atoms with Crippen molar-refractivity contribution in [2.24, 2.45) is 0 Å². The van der Waals surface area contributed by atoms with Crippen LogP contribution in [-0.2, 0) is 0 Å². The Kier molecular flexibility index (Phi) is 8.58. The second-order valence-corrected chi connectivity index (χ2v) is 20.9. The number of para-hydroxylation sites is 2. The van der Waals surface area contributed by atoms with Gasteiger partial charge in [0.1, 0.15) is 11.2 Å². The molecule has 0 saturated heterocycles. The lowest BCUT2D eigenvalue weighted by Crippen LogP contribution is -2.74. The lowest BCUT2D eigenvalue weighted by Gasteiger charge is -2.36. The summed E-state index contributed by atoms with van der Waals surface area (Å²) in [6.07, 6.45) is 0. The first-order valence-electron chi connectivity index (χ1n) is 22.4. The third-order valence-corrected chi connectivity index (χ3v) is 18.5. The summed E-state index contributed by atoms with van der Waals surface area (Å²) < 4.78 is 9.24. The number of aromatic nitrogens is 1. The fourth-order valence-corrected chi connectivity index (χ4v) is 15.7. The first kappa shape index (κ1) is 37.3. The van der Waals surface area contributed by atoms with Gasteiger partial charge in [0.2, 0.25) is 0 Å². The number of nitrogens with zero attached hydrogens (tertiary/aromatic N) is 1. The number of rotatable bonds is 7. The zero-order valence-electron chi connectivity index (χ0n) is 35.5. The van der Waals surface area contributed by atoms with E-state index in [1.165, 1.54) is 75.3 Å². The molecule has 0 aliphatic carbocycles. The van der Waals surface area contributed by atoms with Gasteiger partial charge in [-0.05, 0) is 71.6 Å². The molecule has 0 bridgehead atoms. The molecule has 0 atom stereocenters. The van der Waals surface area contributed by atoms with Gasteiger partial charge in [-0.3, -0.25) is 0 Å². The zero-order chi connectivity index (χ0) is 42.9. The van der Waals surface area contributed by atoms with E-state index in [0.717, 1.165) is 38.7 Å². The number of fused-ring (bicyclic) bond motifs is 8. The number of hydrogen-bond acceptors (Lipinski definition) is 1. The Hall–Kier alpha value is -8.24. The molecule has 0 saturated carbocycles. The van der Waals surface area contributed by atoms with Crippen LogP contribution in [0.1, 0.15) is 0 Å². The summed E-state index contributed by atoms with van der Waals surface area (Å²) in [4.78, 5) is 0. The van der Waals surface area contributed by atoms with E-state index in [9.17, 15) is 0 Å². The summed E-state index contributed by atoms with van der Waals surface area (Å²) in [7, 11) is -3.06. The van der Waals surface area contributed by atoms with Crippen molar-refractivity contribution in [3.63, 3.8) is 0 Å². The molecule has 0 radical (unpaired) electrons. The van der Waals surface area contributed by atoms with Crippen LogP contribution in [0.2, 0.25) is 0 Å². The highest BCUT2D eigenvalue weighted by Crippen LogP contribution is 2.45. The molecule has 13 rings (SSSR count). The van der Waals surface area contributed by atoms with Gasteiger partial charge in [-0.1, -0.05) is 224 Å². The van der Waals surface area contributed by atoms with E-state index in [1.54, 1.807) is 0 Å². The lowest BCUT2D eigenvalue weighted by atomic mass is 9.90. The zero-order valence-corrected chi connectivity index (χ0v) is 36.5. The Morgan fingerprint density at radius 3 is 1.31 bits per heavy atom. The lowest BCUT2D eigenvalue weighted by molar-refractivity contribution is 0.669. The Morgan fingerprint density at radius 2 is 0.738 bits per heavy atom. The molecule has 13 aromatic rings. The van der Waals surface area contributed by atoms with Gasteiger partial charge >= 0.3 is 0 Å². The molecule has 11 aromatic carbocycles. The first-order chi connectivity index (χ1) is 32.3. The van der Waals surface area contributed by atoms with Gasteiger partial charge in [0, 0.05) is 38.7 Å². The van der Waals surface area contributed by atoms with Gasteiger partial charge in [0.25, 0.3) is 0 Å². The molecule has 2 heterocycles. The third-order valence-electron chi connectivity index (χ3n) is 13.7. The van der Waals surface area contributed by atoms with Crippen molar-refractivity contribution in [2.75, 3.05) is 0 Å². The van der Waals surface area contributed by atoms with Crippen molar-refractivity contribution >= 4 is 94.1 Å². The summed E-state index contributed by atoms with van der Waals surface area (Å²) in [5.74, 6) is 0. The molecule has 0 aliphatic heterocycles. The van der Waals surface area contributed by atoms with Gasteiger partial charge in [0.05, 0.1) is 16.7 Å². The Labute approximate surface area is 377 Å². The van der Waals surface area contributed by atoms with Gasteiger partial charge in [0.15, 0.2) is 8.07 Å². The SMILES string of the molecule is c1ccc([Si](c2ccccc2)(c2ccccc2)c2cc(-c3cccc4ccccc34)c(-n3c4ccccc4c4cc5c(cc43)oc3ccccc35)c(-c3cccc4ccccc34)c2)cc1. The largest absolute Gasteiger partial charge is 0.456 e. The summed E-state index contributed by atoms with van der Waals surface area (Å²) >= 11 is 0. The van der Waals surface area contributed by atoms with Crippen molar-refractivity contribution < 1.29 is 4.42 Å². The summed E-state index contributed by atoms with van der Waals surface area (Å²) in [6, 6.07) is 92.3. The van der Waals surface area contributed by atoms with Crippen molar-refractivity contribution in [1.82, 2.24) is 4.57 Å². The normalized spacial score (nSPS) is 12.0. The highest BCUT2D eigenvalue weighted by atomic mass is 28.3. The van der Waals surface area contributed by atoms with Crippen LogP contribution in [-0.4, -0.2) is 12.6 Å². The van der Waals surface area contributed by atoms with Crippen LogP contribution in [0.15, 0.2) is 253 Å².